The van der Waals surface area contributed by atoms with Crippen LogP contribution in [0.15, 0.2) is 48.7 Å². The Morgan fingerprint density at radius 3 is 2.59 bits per heavy atom. The number of nitrogens with zero attached hydrogens (tertiary/aromatic N) is 2. The number of carboxylic acid groups (broad SMARTS) is 1. The monoisotopic (exact) mass is 410 g/mol. The lowest BCUT2D eigenvalue weighted by molar-refractivity contribution is -0.140. The van der Waals surface area contributed by atoms with Crippen molar-refractivity contribution >= 4 is 34.8 Å². The number of hydrogen-bond acceptors (Lipinski definition) is 6. The number of aliphatic carboxylic acids is 1. The molecule has 0 saturated heterocycles. The molecule has 3 rings (SSSR count). The molecule has 1 amide bonds. The van der Waals surface area contributed by atoms with Crippen LogP contribution in [0, 0.1) is 12.8 Å². The Hall–Kier alpha value is -3.26. The van der Waals surface area contributed by atoms with Gasteiger partial charge in [0.2, 0.25) is 0 Å². The van der Waals surface area contributed by atoms with Crippen LogP contribution in [0.25, 0.3) is 10.6 Å². The fraction of sp³-hybridized carbons (Fsp3) is 0.238. The molecule has 0 aromatic carbocycles. The molecule has 0 aliphatic heterocycles. The SMILES string of the molecule is Cc1ccnc(Nc2cccc(-c3ccc(C(=O)N[C@H](C(=O)O)C(C)C)s3)n2)c1. The average Bonchev–Trinajstić information content (AvgIpc) is 3.16. The lowest BCUT2D eigenvalue weighted by Gasteiger charge is -2.17. The largest absolute Gasteiger partial charge is 0.480 e. The number of carbonyl (C=O) groups excluding carboxylic acids is 1. The second-order valence-electron chi connectivity index (χ2n) is 6.95. The highest BCUT2D eigenvalue weighted by atomic mass is 32.1. The van der Waals surface area contributed by atoms with Gasteiger partial charge in [0, 0.05) is 6.20 Å². The van der Waals surface area contributed by atoms with Gasteiger partial charge in [0.1, 0.15) is 17.7 Å². The van der Waals surface area contributed by atoms with Crippen LogP contribution in [0.2, 0.25) is 0 Å². The van der Waals surface area contributed by atoms with E-state index in [0.29, 0.717) is 22.2 Å². The molecule has 29 heavy (non-hydrogen) atoms. The van der Waals surface area contributed by atoms with E-state index in [2.05, 4.69) is 20.6 Å². The maximum Gasteiger partial charge on any atom is 0.326 e. The fourth-order valence-electron chi connectivity index (χ4n) is 2.70. The highest BCUT2D eigenvalue weighted by Gasteiger charge is 2.24. The lowest BCUT2D eigenvalue weighted by atomic mass is 10.0. The zero-order valence-electron chi connectivity index (χ0n) is 16.3. The Balaban J connectivity index is 1.76. The molecule has 0 saturated carbocycles. The molecular formula is C21H22N4O3S. The fourth-order valence-corrected chi connectivity index (χ4v) is 3.58. The third kappa shape index (κ3) is 5.17. The first kappa shape index (κ1) is 20.5. The van der Waals surface area contributed by atoms with Gasteiger partial charge in [-0.2, -0.15) is 0 Å². The number of aromatic nitrogens is 2. The molecular weight excluding hydrogens is 388 g/mol. The number of nitrogens with one attached hydrogen (secondary N) is 2. The summed E-state index contributed by atoms with van der Waals surface area (Å²) in [6, 6.07) is 12.0. The van der Waals surface area contributed by atoms with Crippen molar-refractivity contribution in [2.75, 3.05) is 5.32 Å². The summed E-state index contributed by atoms with van der Waals surface area (Å²) in [4.78, 5) is 33.9. The van der Waals surface area contributed by atoms with Crippen LogP contribution < -0.4 is 10.6 Å². The Labute approximate surface area is 172 Å². The van der Waals surface area contributed by atoms with E-state index < -0.39 is 17.9 Å². The van der Waals surface area contributed by atoms with Crippen LogP contribution in [-0.2, 0) is 4.79 Å². The predicted molar refractivity (Wildman–Crippen MR) is 114 cm³/mol. The minimum atomic E-state index is -1.05. The molecule has 0 bridgehead atoms. The van der Waals surface area contributed by atoms with Crippen LogP contribution >= 0.6 is 11.3 Å². The van der Waals surface area contributed by atoms with Gasteiger partial charge in [0.15, 0.2) is 0 Å². The molecule has 0 aliphatic rings. The third-order valence-corrected chi connectivity index (χ3v) is 5.33. The second kappa shape index (κ2) is 8.83. The summed E-state index contributed by atoms with van der Waals surface area (Å²) in [5, 5.41) is 15.0. The van der Waals surface area contributed by atoms with Crippen LogP contribution in [0.3, 0.4) is 0 Å². The van der Waals surface area contributed by atoms with Crippen molar-refractivity contribution in [2.24, 2.45) is 5.92 Å². The van der Waals surface area contributed by atoms with Crippen molar-refractivity contribution in [1.29, 1.82) is 0 Å². The van der Waals surface area contributed by atoms with Crippen molar-refractivity contribution in [2.45, 2.75) is 26.8 Å². The number of anilines is 2. The van der Waals surface area contributed by atoms with E-state index in [-0.39, 0.29) is 5.92 Å². The summed E-state index contributed by atoms with van der Waals surface area (Å²) in [6.45, 7) is 5.50. The van der Waals surface area contributed by atoms with E-state index >= 15 is 0 Å². The summed E-state index contributed by atoms with van der Waals surface area (Å²) in [5.41, 5.74) is 1.80. The maximum atomic E-state index is 12.4. The van der Waals surface area contributed by atoms with E-state index in [1.807, 2.05) is 43.3 Å². The molecule has 3 N–H and O–H groups in total. The van der Waals surface area contributed by atoms with E-state index in [0.717, 1.165) is 10.4 Å². The molecule has 3 aromatic heterocycles. The van der Waals surface area contributed by atoms with Crippen molar-refractivity contribution < 1.29 is 14.7 Å². The van der Waals surface area contributed by atoms with Gasteiger partial charge < -0.3 is 15.7 Å². The second-order valence-corrected chi connectivity index (χ2v) is 8.03. The number of carbonyl (C=O) groups is 2. The number of carboxylic acids is 1. The Morgan fingerprint density at radius 2 is 1.90 bits per heavy atom. The molecule has 0 unspecified atom stereocenters. The van der Waals surface area contributed by atoms with Crippen molar-refractivity contribution in [3.8, 4) is 10.6 Å². The van der Waals surface area contributed by atoms with Gasteiger partial charge in [-0.25, -0.2) is 14.8 Å². The predicted octanol–water partition coefficient (Wildman–Crippen LogP) is 4.10. The smallest absolute Gasteiger partial charge is 0.326 e. The third-order valence-electron chi connectivity index (χ3n) is 4.22. The van der Waals surface area contributed by atoms with Crippen molar-refractivity contribution in [3.05, 3.63) is 59.1 Å². The standard InChI is InChI=1S/C21H22N4O3S/c1-12(2)19(21(27)28)25-20(26)16-8-7-15(29-16)14-5-4-6-17(23-14)24-18-11-13(3)9-10-22-18/h4-12,19H,1-3H3,(H,25,26)(H,27,28)(H,22,23,24)/t19-/m0/s1. The van der Waals surface area contributed by atoms with Gasteiger partial charge in [0.25, 0.3) is 5.91 Å². The zero-order valence-corrected chi connectivity index (χ0v) is 17.2. The first-order chi connectivity index (χ1) is 13.8. The number of thiophene rings is 1. The first-order valence-electron chi connectivity index (χ1n) is 9.14. The number of amides is 1. The van der Waals surface area contributed by atoms with Gasteiger partial charge in [-0.3, -0.25) is 4.79 Å². The molecule has 0 radical (unpaired) electrons. The summed E-state index contributed by atoms with van der Waals surface area (Å²) < 4.78 is 0. The van der Waals surface area contributed by atoms with Gasteiger partial charge >= 0.3 is 5.97 Å². The minimum absolute atomic E-state index is 0.212. The molecule has 3 aromatic rings. The van der Waals surface area contributed by atoms with Crippen LogP contribution in [0.1, 0.15) is 29.1 Å². The summed E-state index contributed by atoms with van der Waals surface area (Å²) in [7, 11) is 0. The van der Waals surface area contributed by atoms with E-state index in [9.17, 15) is 14.7 Å². The van der Waals surface area contributed by atoms with Crippen LogP contribution in [0.4, 0.5) is 11.6 Å². The molecule has 1 atom stereocenters. The zero-order chi connectivity index (χ0) is 21.0. The van der Waals surface area contributed by atoms with E-state index in [1.54, 1.807) is 26.1 Å². The minimum Gasteiger partial charge on any atom is -0.480 e. The molecule has 150 valence electrons. The first-order valence-corrected chi connectivity index (χ1v) is 9.96. The van der Waals surface area contributed by atoms with Gasteiger partial charge in [-0.1, -0.05) is 19.9 Å². The normalized spacial score (nSPS) is 11.9. The lowest BCUT2D eigenvalue weighted by Crippen LogP contribution is -2.44. The Morgan fingerprint density at radius 1 is 1.10 bits per heavy atom. The number of rotatable bonds is 7. The summed E-state index contributed by atoms with van der Waals surface area (Å²) in [6.07, 6.45) is 1.73. The van der Waals surface area contributed by atoms with E-state index in [1.165, 1.54) is 11.3 Å². The molecule has 7 nitrogen and oxygen atoms in total. The highest BCUT2D eigenvalue weighted by molar-refractivity contribution is 7.17. The number of aryl methyl sites for hydroxylation is 1. The average molecular weight is 410 g/mol. The number of pyridine rings is 2. The molecule has 3 heterocycles. The van der Waals surface area contributed by atoms with Crippen molar-refractivity contribution in [3.63, 3.8) is 0 Å². The topological polar surface area (TPSA) is 104 Å². The number of hydrogen-bond donors (Lipinski definition) is 3. The summed E-state index contributed by atoms with van der Waals surface area (Å²) >= 11 is 1.27. The Bertz CT molecular complexity index is 1030. The van der Waals surface area contributed by atoms with Gasteiger partial charge in [-0.15, -0.1) is 11.3 Å². The van der Waals surface area contributed by atoms with Gasteiger partial charge in [0.05, 0.1) is 15.4 Å². The maximum absolute atomic E-state index is 12.4. The Kier molecular flexibility index (Phi) is 6.23. The highest BCUT2D eigenvalue weighted by Crippen LogP contribution is 2.28. The molecule has 0 fully saturated rings. The summed E-state index contributed by atoms with van der Waals surface area (Å²) in [5.74, 6) is -0.313. The van der Waals surface area contributed by atoms with Crippen LogP contribution in [0.5, 0.6) is 0 Å². The van der Waals surface area contributed by atoms with Crippen LogP contribution in [-0.4, -0.2) is 33.0 Å². The molecule has 8 heteroatoms. The quantitative estimate of drug-likeness (QED) is 0.542. The van der Waals surface area contributed by atoms with Gasteiger partial charge in [-0.05, 0) is 54.8 Å². The van der Waals surface area contributed by atoms with Crippen molar-refractivity contribution in [1.82, 2.24) is 15.3 Å². The molecule has 0 aliphatic carbocycles. The van der Waals surface area contributed by atoms with E-state index in [4.69, 9.17) is 0 Å². The molecule has 0 spiro atoms.